The van der Waals surface area contributed by atoms with E-state index in [1.165, 1.54) is 72.8 Å². The Hall–Kier alpha value is -7.00. The third kappa shape index (κ3) is 14.5. The van der Waals surface area contributed by atoms with Gasteiger partial charge >= 0.3 is 0 Å². The Morgan fingerprint density at radius 2 is 0.561 bits per heavy atom. The van der Waals surface area contributed by atoms with E-state index in [1.807, 2.05) is 0 Å². The number of nitrogens with one attached hydrogen (secondary N) is 4. The molecule has 0 atom stereocenters. The molecule has 0 radical (unpaired) electrons. The van der Waals surface area contributed by atoms with Gasteiger partial charge in [-0.2, -0.15) is 0 Å². The maximum absolute atomic E-state index is 13.0. The molecule has 0 aliphatic carbocycles. The van der Waals surface area contributed by atoms with Crippen LogP contribution in [0.2, 0.25) is 0 Å². The van der Waals surface area contributed by atoms with Crippen LogP contribution < -0.4 is 21.3 Å². The lowest BCUT2D eigenvalue weighted by Gasteiger charge is -2.32. The molecular weight excluding hydrogens is 857 g/mol. The first-order valence-electron chi connectivity index (χ1n) is 21.8. The second-order valence-electron chi connectivity index (χ2n) is 15.8. The van der Waals surface area contributed by atoms with Gasteiger partial charge in [-0.1, -0.05) is 24.3 Å². The third-order valence-corrected chi connectivity index (χ3v) is 11.3. The monoisotopic (exact) mass is 916 g/mol. The predicted octanol–water partition coefficient (Wildman–Crippen LogP) is 1.35. The number of benzene rings is 4. The molecule has 0 saturated carbocycles. The number of aromatic hydroxyl groups is 8. The van der Waals surface area contributed by atoms with Gasteiger partial charge in [0.25, 0.3) is 23.6 Å². The molecule has 0 spiro atoms. The van der Waals surface area contributed by atoms with Crippen LogP contribution in [-0.4, -0.2) is 189 Å². The fourth-order valence-corrected chi connectivity index (χ4v) is 7.49. The van der Waals surface area contributed by atoms with Gasteiger partial charge in [0.15, 0.2) is 46.0 Å². The molecule has 12 N–H and O–H groups in total. The number of nitrogens with zero attached hydrogens (tertiary/aromatic N) is 4. The van der Waals surface area contributed by atoms with Crippen LogP contribution in [0, 0.1) is 0 Å². The lowest BCUT2D eigenvalue weighted by atomic mass is 10.1. The summed E-state index contributed by atoms with van der Waals surface area (Å²) in [6.45, 7) is 7.35. The van der Waals surface area contributed by atoms with Crippen molar-refractivity contribution in [3.05, 3.63) is 95.1 Å². The zero-order valence-electron chi connectivity index (χ0n) is 36.7. The standard InChI is InChI=1S/C46H60N8O12/c55-35-11-1-7-31(39(35)59)43(63)47-15-23-51-19-5-20-53(25-17-49-45(65)33-9-3-13-37(57)41(33)61)29-30-54(26-18-50-46(66)34-10-4-14-38(58)42(34)62)22-6-21-52(28-27-51)24-16-48-44(64)32-8-2-12-36(56)40(32)60/h1-4,7-14,55-62H,5-6,15-30H2,(H,47,63)(H,48,64)(H,49,65)(H,50,66). The number of carbonyl (C=O) groups excluding carboxylic acids is 4. The normalized spacial score (nSPS) is 15.0. The van der Waals surface area contributed by atoms with Gasteiger partial charge in [0, 0.05) is 78.5 Å². The van der Waals surface area contributed by atoms with Crippen LogP contribution in [0.5, 0.6) is 46.0 Å². The van der Waals surface area contributed by atoms with Gasteiger partial charge in [0.05, 0.1) is 22.3 Å². The zero-order valence-corrected chi connectivity index (χ0v) is 36.7. The summed E-state index contributed by atoms with van der Waals surface area (Å²) in [6, 6.07) is 16.6. The first-order valence-corrected chi connectivity index (χ1v) is 21.8. The molecule has 356 valence electrons. The quantitative estimate of drug-likeness (QED) is 0.0707. The Morgan fingerprint density at radius 1 is 0.348 bits per heavy atom. The largest absolute Gasteiger partial charge is 0.504 e. The van der Waals surface area contributed by atoms with Crippen molar-refractivity contribution in [1.29, 1.82) is 0 Å². The van der Waals surface area contributed by atoms with Crippen molar-refractivity contribution in [1.82, 2.24) is 40.9 Å². The number of hydrogen-bond acceptors (Lipinski definition) is 16. The minimum absolute atomic E-state index is 0.0579. The molecule has 0 aromatic heterocycles. The second-order valence-corrected chi connectivity index (χ2v) is 15.8. The first-order chi connectivity index (χ1) is 31.7. The average molecular weight is 917 g/mol. The smallest absolute Gasteiger partial charge is 0.255 e. The minimum Gasteiger partial charge on any atom is -0.504 e. The molecule has 1 saturated heterocycles. The Labute approximate surface area is 382 Å². The molecule has 0 unspecified atom stereocenters. The number of phenols is 8. The highest BCUT2D eigenvalue weighted by Gasteiger charge is 2.20. The van der Waals surface area contributed by atoms with Crippen molar-refractivity contribution in [2.45, 2.75) is 12.8 Å². The molecule has 20 heteroatoms. The van der Waals surface area contributed by atoms with Gasteiger partial charge in [0.1, 0.15) is 0 Å². The van der Waals surface area contributed by atoms with Gasteiger partial charge in [0.2, 0.25) is 0 Å². The molecule has 5 rings (SSSR count). The summed E-state index contributed by atoms with van der Waals surface area (Å²) in [6.07, 6.45) is 1.35. The molecule has 1 aliphatic rings. The molecule has 4 aromatic rings. The van der Waals surface area contributed by atoms with Crippen molar-refractivity contribution in [3.63, 3.8) is 0 Å². The lowest BCUT2D eigenvalue weighted by Crippen LogP contribution is -2.46. The van der Waals surface area contributed by atoms with Crippen molar-refractivity contribution in [3.8, 4) is 46.0 Å². The number of para-hydroxylation sites is 4. The summed E-state index contributed by atoms with van der Waals surface area (Å²) < 4.78 is 0. The predicted molar refractivity (Wildman–Crippen MR) is 243 cm³/mol. The summed E-state index contributed by atoms with van der Waals surface area (Å²) in [5.41, 5.74) is -0.232. The van der Waals surface area contributed by atoms with Crippen LogP contribution in [0.15, 0.2) is 72.8 Å². The van der Waals surface area contributed by atoms with Gasteiger partial charge in [-0.05, 0) is 87.6 Å². The molecular formula is C46H60N8O12. The van der Waals surface area contributed by atoms with Crippen LogP contribution in [0.25, 0.3) is 0 Å². The Morgan fingerprint density at radius 3 is 0.773 bits per heavy atom. The summed E-state index contributed by atoms with van der Waals surface area (Å²) in [5.74, 6) is -5.86. The summed E-state index contributed by atoms with van der Waals surface area (Å²) in [7, 11) is 0. The van der Waals surface area contributed by atoms with Crippen LogP contribution in [0.4, 0.5) is 0 Å². The highest BCUT2D eigenvalue weighted by atomic mass is 16.3. The topological polar surface area (TPSA) is 291 Å². The van der Waals surface area contributed by atoms with Crippen LogP contribution in [0.1, 0.15) is 54.3 Å². The first kappa shape index (κ1) is 50.0. The van der Waals surface area contributed by atoms with Crippen molar-refractivity contribution in [2.24, 2.45) is 0 Å². The van der Waals surface area contributed by atoms with E-state index in [-0.39, 0.29) is 48.4 Å². The second kappa shape index (κ2) is 24.9. The number of carbonyl (C=O) groups is 4. The van der Waals surface area contributed by atoms with E-state index >= 15 is 0 Å². The number of amides is 4. The molecule has 1 heterocycles. The van der Waals surface area contributed by atoms with Crippen LogP contribution in [-0.2, 0) is 0 Å². The Bertz CT molecular complexity index is 1970. The van der Waals surface area contributed by atoms with E-state index in [0.717, 1.165) is 0 Å². The third-order valence-electron chi connectivity index (χ3n) is 11.3. The van der Waals surface area contributed by atoms with Gasteiger partial charge in [-0.25, -0.2) is 0 Å². The minimum atomic E-state index is -0.547. The molecule has 1 fully saturated rings. The fraction of sp³-hybridized carbons (Fsp3) is 0.391. The zero-order chi connectivity index (χ0) is 47.6. The average Bonchev–Trinajstić information content (AvgIpc) is 3.29. The van der Waals surface area contributed by atoms with E-state index in [4.69, 9.17) is 0 Å². The summed E-state index contributed by atoms with van der Waals surface area (Å²) in [5, 5.41) is 91.9. The number of phenolic OH excluding ortho intramolecular Hbond substituents is 8. The van der Waals surface area contributed by atoms with E-state index in [2.05, 4.69) is 40.9 Å². The molecule has 66 heavy (non-hydrogen) atoms. The highest BCUT2D eigenvalue weighted by molar-refractivity contribution is 5.99. The SMILES string of the molecule is O=C(NCCN1CCCN(CCNC(=O)c2cccc(O)c2O)CCN(CCNC(=O)c2cccc(O)c2O)CCCN(CCNC(=O)c2cccc(O)c2O)CC1)c1cccc(O)c1O. The number of hydrogen-bond donors (Lipinski definition) is 12. The van der Waals surface area contributed by atoms with E-state index in [9.17, 15) is 60.0 Å². The molecule has 1 aliphatic heterocycles. The van der Waals surface area contributed by atoms with Crippen molar-refractivity contribution >= 4 is 23.6 Å². The Kier molecular flexibility index (Phi) is 18.9. The lowest BCUT2D eigenvalue weighted by molar-refractivity contribution is 0.0924. The van der Waals surface area contributed by atoms with E-state index in [0.29, 0.717) is 91.4 Å². The summed E-state index contributed by atoms with van der Waals surface area (Å²) in [4.78, 5) is 60.6. The van der Waals surface area contributed by atoms with Crippen LogP contribution >= 0.6 is 0 Å². The van der Waals surface area contributed by atoms with Gasteiger partial charge in [-0.15, -0.1) is 0 Å². The van der Waals surface area contributed by atoms with Crippen molar-refractivity contribution < 1.29 is 60.0 Å². The van der Waals surface area contributed by atoms with Gasteiger partial charge in [-0.3, -0.25) is 19.2 Å². The molecule has 4 aromatic carbocycles. The maximum atomic E-state index is 13.0. The molecule has 0 bridgehead atoms. The number of rotatable bonds is 16. The van der Waals surface area contributed by atoms with Crippen LogP contribution in [0.3, 0.4) is 0 Å². The fourth-order valence-electron chi connectivity index (χ4n) is 7.49. The summed E-state index contributed by atoms with van der Waals surface area (Å²) >= 11 is 0. The van der Waals surface area contributed by atoms with E-state index < -0.39 is 69.6 Å². The maximum Gasteiger partial charge on any atom is 0.255 e. The van der Waals surface area contributed by atoms with E-state index in [1.54, 1.807) is 0 Å². The molecule has 20 nitrogen and oxygen atoms in total. The Balaban J connectivity index is 1.28. The van der Waals surface area contributed by atoms with Crippen molar-refractivity contribution in [2.75, 3.05) is 105 Å². The van der Waals surface area contributed by atoms with Gasteiger partial charge < -0.3 is 81.7 Å². The highest BCUT2D eigenvalue weighted by Crippen LogP contribution is 2.30. The molecule has 4 amide bonds.